The van der Waals surface area contributed by atoms with Crippen LogP contribution >= 0.6 is 0 Å². The minimum atomic E-state index is -3.36. The molecule has 2 aromatic carbocycles. The molecule has 0 unspecified atom stereocenters. The molecule has 24 heavy (non-hydrogen) atoms. The van der Waals surface area contributed by atoms with Crippen LogP contribution in [0.2, 0.25) is 0 Å². The number of aliphatic hydroxyl groups is 1. The molecule has 3 rings (SSSR count). The van der Waals surface area contributed by atoms with Crippen molar-refractivity contribution in [3.05, 3.63) is 54.1 Å². The summed E-state index contributed by atoms with van der Waals surface area (Å²) in [6.07, 6.45) is 0. The first-order valence-corrected chi connectivity index (χ1v) is 7.22. The number of hydrogen-bond donors (Lipinski definition) is 2. The first-order chi connectivity index (χ1) is 11.5. The number of amides is 1. The zero-order chi connectivity index (χ0) is 17.2. The van der Waals surface area contributed by atoms with Gasteiger partial charge in [0.05, 0.1) is 11.9 Å². The van der Waals surface area contributed by atoms with Gasteiger partial charge in [0.2, 0.25) is 0 Å². The van der Waals surface area contributed by atoms with Crippen LogP contribution in [0, 0.1) is 0 Å². The van der Waals surface area contributed by atoms with Gasteiger partial charge in [-0.05, 0) is 18.2 Å². The Morgan fingerprint density at radius 2 is 1.96 bits per heavy atom. The van der Waals surface area contributed by atoms with E-state index >= 15 is 0 Å². The maximum Gasteiger partial charge on any atom is 0.287 e. The second-order valence-electron chi connectivity index (χ2n) is 5.31. The molecule has 1 heterocycles. The van der Waals surface area contributed by atoms with Crippen molar-refractivity contribution in [1.29, 1.82) is 0 Å². The number of carbonyl (C=O) groups excluding carboxylic acids is 1. The van der Waals surface area contributed by atoms with Crippen LogP contribution in [0.4, 0.5) is 8.78 Å². The van der Waals surface area contributed by atoms with E-state index in [-0.39, 0.29) is 5.56 Å². The predicted molar refractivity (Wildman–Crippen MR) is 83.8 cm³/mol. The van der Waals surface area contributed by atoms with E-state index in [0.717, 1.165) is 5.56 Å². The fraction of sp³-hybridized carbons (Fsp3) is 0.176. The van der Waals surface area contributed by atoms with Gasteiger partial charge in [-0.2, -0.15) is 0 Å². The summed E-state index contributed by atoms with van der Waals surface area (Å²) in [4.78, 5) is 12.0. The van der Waals surface area contributed by atoms with Crippen molar-refractivity contribution in [3.63, 3.8) is 0 Å². The fourth-order valence-electron chi connectivity index (χ4n) is 2.25. The van der Waals surface area contributed by atoms with Crippen LogP contribution in [0.1, 0.15) is 10.4 Å². The average Bonchev–Trinajstić information content (AvgIpc) is 3.03. The second-order valence-corrected chi connectivity index (χ2v) is 5.31. The van der Waals surface area contributed by atoms with E-state index < -0.39 is 25.0 Å². The molecule has 0 saturated carbocycles. The maximum atomic E-state index is 13.0. The normalized spacial score (nSPS) is 11.6. The predicted octanol–water partition coefficient (Wildman–Crippen LogP) is 2.85. The third-order valence-corrected chi connectivity index (χ3v) is 3.51. The van der Waals surface area contributed by atoms with Crippen molar-refractivity contribution in [3.8, 4) is 11.3 Å². The van der Waals surface area contributed by atoms with E-state index in [9.17, 15) is 13.6 Å². The lowest BCUT2D eigenvalue weighted by Gasteiger charge is -2.13. The molecule has 0 bridgehead atoms. The Hall–Kier alpha value is -2.80. The van der Waals surface area contributed by atoms with Crippen molar-refractivity contribution in [2.45, 2.75) is 5.92 Å². The van der Waals surface area contributed by atoms with Crippen LogP contribution < -0.4 is 5.32 Å². The van der Waals surface area contributed by atoms with Gasteiger partial charge in [0.1, 0.15) is 12.1 Å². The lowest BCUT2D eigenvalue weighted by molar-refractivity contribution is -0.0462. The number of aliphatic hydroxyl groups excluding tert-OH is 1. The largest absolute Gasteiger partial charge is 0.390 e. The van der Waals surface area contributed by atoms with Crippen LogP contribution in [0.5, 0.6) is 0 Å². The summed E-state index contributed by atoms with van der Waals surface area (Å²) in [5.41, 5.74) is 1.56. The van der Waals surface area contributed by atoms with Crippen molar-refractivity contribution in [1.82, 2.24) is 10.5 Å². The molecule has 124 valence electrons. The molecule has 0 atom stereocenters. The molecule has 3 aromatic rings. The van der Waals surface area contributed by atoms with E-state index in [4.69, 9.17) is 9.63 Å². The Morgan fingerprint density at radius 1 is 1.21 bits per heavy atom. The molecule has 0 aliphatic carbocycles. The quantitative estimate of drug-likeness (QED) is 0.753. The minimum Gasteiger partial charge on any atom is -0.390 e. The summed E-state index contributed by atoms with van der Waals surface area (Å²) in [5, 5.41) is 15.2. The van der Waals surface area contributed by atoms with Gasteiger partial charge in [0.15, 0.2) is 5.76 Å². The number of nitrogens with zero attached hydrogens (tertiary/aromatic N) is 1. The number of carbonyl (C=O) groups is 1. The summed E-state index contributed by atoms with van der Waals surface area (Å²) < 4.78 is 31.4. The molecule has 0 spiro atoms. The molecule has 0 radical (unpaired) electrons. The van der Waals surface area contributed by atoms with E-state index in [2.05, 4.69) is 10.5 Å². The number of hydrogen-bond acceptors (Lipinski definition) is 4. The van der Waals surface area contributed by atoms with E-state index in [1.807, 2.05) is 30.3 Å². The standard InChI is InChI=1S/C17H14F2N2O3/c18-17(19,10-22)9-20-16(23)12-6-7-14-13(8-12)15(24-21-14)11-4-2-1-3-5-11/h1-8,22H,9-10H2,(H,20,23). The third-order valence-electron chi connectivity index (χ3n) is 3.51. The SMILES string of the molecule is O=C(NCC(F)(F)CO)c1ccc2noc(-c3ccccc3)c2c1. The van der Waals surface area contributed by atoms with Crippen molar-refractivity contribution >= 4 is 16.8 Å². The number of alkyl halides is 2. The van der Waals surface area contributed by atoms with Crippen molar-refractivity contribution in [2.75, 3.05) is 13.2 Å². The molecule has 0 aliphatic heterocycles. The van der Waals surface area contributed by atoms with Crippen LogP contribution in [-0.2, 0) is 0 Å². The smallest absolute Gasteiger partial charge is 0.287 e. The van der Waals surface area contributed by atoms with Crippen molar-refractivity contribution < 1.29 is 23.2 Å². The summed E-state index contributed by atoms with van der Waals surface area (Å²) in [7, 11) is 0. The number of nitrogens with one attached hydrogen (secondary N) is 1. The Morgan fingerprint density at radius 3 is 2.67 bits per heavy atom. The molecular formula is C17H14F2N2O3. The topological polar surface area (TPSA) is 75.4 Å². The monoisotopic (exact) mass is 332 g/mol. The average molecular weight is 332 g/mol. The van der Waals surface area contributed by atoms with Crippen LogP contribution in [0.25, 0.3) is 22.2 Å². The fourth-order valence-corrected chi connectivity index (χ4v) is 2.25. The molecular weight excluding hydrogens is 318 g/mol. The highest BCUT2D eigenvalue weighted by molar-refractivity contribution is 6.00. The Balaban J connectivity index is 1.89. The number of aromatic nitrogens is 1. The Kier molecular flexibility index (Phi) is 4.26. The van der Waals surface area contributed by atoms with Crippen molar-refractivity contribution in [2.24, 2.45) is 0 Å². The number of benzene rings is 2. The molecule has 2 N–H and O–H groups in total. The summed E-state index contributed by atoms with van der Waals surface area (Å²) in [6.45, 7) is -2.26. The minimum absolute atomic E-state index is 0.205. The molecule has 1 aromatic heterocycles. The van der Waals surface area contributed by atoms with Gasteiger partial charge in [-0.25, -0.2) is 8.78 Å². The molecule has 7 heteroatoms. The van der Waals surface area contributed by atoms with Gasteiger partial charge in [-0.3, -0.25) is 4.79 Å². The zero-order valence-electron chi connectivity index (χ0n) is 12.5. The first kappa shape index (κ1) is 16.1. The van der Waals surface area contributed by atoms with Gasteiger partial charge >= 0.3 is 0 Å². The Bertz CT molecular complexity index is 863. The summed E-state index contributed by atoms with van der Waals surface area (Å²) in [6, 6.07) is 13.8. The molecule has 0 aliphatic rings. The molecule has 1 amide bonds. The summed E-state index contributed by atoms with van der Waals surface area (Å²) in [5.74, 6) is -3.52. The maximum absolute atomic E-state index is 13.0. The number of rotatable bonds is 5. The van der Waals surface area contributed by atoms with Gasteiger partial charge in [-0.1, -0.05) is 35.5 Å². The van der Waals surface area contributed by atoms with Gasteiger partial charge < -0.3 is 14.9 Å². The molecule has 5 nitrogen and oxygen atoms in total. The van der Waals surface area contributed by atoms with E-state index in [0.29, 0.717) is 16.7 Å². The highest BCUT2D eigenvalue weighted by Gasteiger charge is 2.28. The van der Waals surface area contributed by atoms with E-state index in [1.165, 1.54) is 6.07 Å². The summed E-state index contributed by atoms with van der Waals surface area (Å²) >= 11 is 0. The van der Waals surface area contributed by atoms with E-state index in [1.54, 1.807) is 12.1 Å². The molecule has 0 saturated heterocycles. The third kappa shape index (κ3) is 3.26. The number of fused-ring (bicyclic) bond motifs is 1. The molecule has 0 fully saturated rings. The van der Waals surface area contributed by atoms with Gasteiger partial charge in [0.25, 0.3) is 11.8 Å². The Labute approximate surface area is 135 Å². The van der Waals surface area contributed by atoms with Gasteiger partial charge in [0, 0.05) is 11.1 Å². The van der Waals surface area contributed by atoms with Gasteiger partial charge in [-0.15, -0.1) is 0 Å². The van der Waals surface area contributed by atoms with Crippen LogP contribution in [0.15, 0.2) is 53.1 Å². The highest BCUT2D eigenvalue weighted by atomic mass is 19.3. The second kappa shape index (κ2) is 6.37. The highest BCUT2D eigenvalue weighted by Crippen LogP contribution is 2.29. The van der Waals surface area contributed by atoms with Crippen LogP contribution in [0.3, 0.4) is 0 Å². The number of halogens is 2. The lowest BCUT2D eigenvalue weighted by atomic mass is 10.1. The first-order valence-electron chi connectivity index (χ1n) is 7.22. The lowest BCUT2D eigenvalue weighted by Crippen LogP contribution is -2.38. The van der Waals surface area contributed by atoms with Crippen LogP contribution in [-0.4, -0.2) is 35.2 Å². The zero-order valence-corrected chi connectivity index (χ0v) is 12.5.